The number of halogens is 1. The van der Waals surface area contributed by atoms with Crippen LogP contribution in [0.2, 0.25) is 5.28 Å². The van der Waals surface area contributed by atoms with E-state index >= 15 is 0 Å². The third-order valence-corrected chi connectivity index (χ3v) is 2.55. The minimum Gasteiger partial charge on any atom is -0.501 e. The van der Waals surface area contributed by atoms with Crippen LogP contribution in [-0.4, -0.2) is 23.1 Å². The van der Waals surface area contributed by atoms with E-state index < -0.39 is 0 Å². The van der Waals surface area contributed by atoms with Crippen LogP contribution in [0.25, 0.3) is 6.08 Å². The average molecular weight is 270 g/mol. The van der Waals surface area contributed by atoms with E-state index in [1.54, 1.807) is 12.5 Å². The van der Waals surface area contributed by atoms with Crippen molar-refractivity contribution in [3.8, 4) is 0 Å². The molecule has 1 N–H and O–H groups in total. The smallest absolute Gasteiger partial charge is 0.224 e. The standard InChI is InChI=1S/C13H20ClN3O/c1-3-5-6-8-15-12-11(7-9-18-4-2)10-16-13(14)17-12/h7,9-10H,3-6,8H2,1-2H3,(H,15,16,17). The number of rotatable bonds is 8. The number of unbranched alkanes of at least 4 members (excludes halogenated alkanes) is 2. The van der Waals surface area contributed by atoms with E-state index in [0.29, 0.717) is 6.61 Å². The monoisotopic (exact) mass is 269 g/mol. The van der Waals surface area contributed by atoms with Gasteiger partial charge in [-0.2, -0.15) is 0 Å². The molecule has 0 saturated carbocycles. The molecule has 5 heteroatoms. The number of nitrogens with zero attached hydrogens (tertiary/aromatic N) is 2. The van der Waals surface area contributed by atoms with Gasteiger partial charge in [0.25, 0.3) is 0 Å². The fourth-order valence-electron chi connectivity index (χ4n) is 1.43. The number of aromatic nitrogens is 2. The molecule has 0 amide bonds. The van der Waals surface area contributed by atoms with Crippen molar-refractivity contribution in [2.24, 2.45) is 0 Å². The van der Waals surface area contributed by atoms with Gasteiger partial charge in [0.05, 0.1) is 12.9 Å². The molecule has 0 aliphatic heterocycles. The summed E-state index contributed by atoms with van der Waals surface area (Å²) in [5.74, 6) is 0.752. The molecule has 1 heterocycles. The van der Waals surface area contributed by atoms with Crippen LogP contribution in [0.3, 0.4) is 0 Å². The maximum atomic E-state index is 5.80. The number of hydrogen-bond acceptors (Lipinski definition) is 4. The number of nitrogens with one attached hydrogen (secondary N) is 1. The van der Waals surface area contributed by atoms with E-state index in [9.17, 15) is 0 Å². The van der Waals surface area contributed by atoms with Crippen molar-refractivity contribution in [2.75, 3.05) is 18.5 Å². The molecule has 0 bridgehead atoms. The molecular weight excluding hydrogens is 250 g/mol. The van der Waals surface area contributed by atoms with Crippen molar-refractivity contribution < 1.29 is 4.74 Å². The van der Waals surface area contributed by atoms with Gasteiger partial charge in [0.15, 0.2) is 0 Å². The van der Waals surface area contributed by atoms with Crippen LogP contribution in [0, 0.1) is 0 Å². The summed E-state index contributed by atoms with van der Waals surface area (Å²) in [4.78, 5) is 8.16. The van der Waals surface area contributed by atoms with Crippen LogP contribution < -0.4 is 5.32 Å². The van der Waals surface area contributed by atoms with Gasteiger partial charge < -0.3 is 10.1 Å². The van der Waals surface area contributed by atoms with Crippen molar-refractivity contribution in [3.63, 3.8) is 0 Å². The van der Waals surface area contributed by atoms with Crippen molar-refractivity contribution in [2.45, 2.75) is 33.1 Å². The molecule has 0 aliphatic rings. The fourth-order valence-corrected chi connectivity index (χ4v) is 1.57. The SMILES string of the molecule is CCCCCNc1nc(Cl)ncc1C=COCC. The Morgan fingerprint density at radius 2 is 2.22 bits per heavy atom. The zero-order valence-electron chi connectivity index (χ0n) is 10.9. The van der Waals surface area contributed by atoms with Gasteiger partial charge in [-0.05, 0) is 31.0 Å². The van der Waals surface area contributed by atoms with Crippen LogP contribution in [0.4, 0.5) is 5.82 Å². The molecule has 1 rings (SSSR count). The second-order valence-corrected chi connectivity index (χ2v) is 4.17. The molecule has 0 fully saturated rings. The second kappa shape index (κ2) is 8.75. The Labute approximate surface area is 113 Å². The van der Waals surface area contributed by atoms with Gasteiger partial charge in [-0.1, -0.05) is 19.8 Å². The molecular formula is C13H20ClN3O. The first-order valence-electron chi connectivity index (χ1n) is 6.32. The molecule has 1 aromatic rings. The number of hydrogen-bond donors (Lipinski definition) is 1. The summed E-state index contributed by atoms with van der Waals surface area (Å²) in [6.45, 7) is 5.64. The van der Waals surface area contributed by atoms with Gasteiger partial charge in [-0.25, -0.2) is 9.97 Å². The highest BCUT2D eigenvalue weighted by Gasteiger charge is 2.03. The summed E-state index contributed by atoms with van der Waals surface area (Å²) in [5, 5.41) is 3.52. The molecule has 0 radical (unpaired) electrons. The van der Waals surface area contributed by atoms with Gasteiger partial charge in [0.2, 0.25) is 5.28 Å². The molecule has 0 spiro atoms. The second-order valence-electron chi connectivity index (χ2n) is 3.83. The number of ether oxygens (including phenoxy) is 1. The highest BCUT2D eigenvalue weighted by atomic mass is 35.5. The highest BCUT2D eigenvalue weighted by molar-refractivity contribution is 6.28. The van der Waals surface area contributed by atoms with Crippen LogP contribution in [-0.2, 0) is 4.74 Å². The minimum atomic E-state index is 0.251. The molecule has 18 heavy (non-hydrogen) atoms. The quantitative estimate of drug-likeness (QED) is 0.444. The van der Waals surface area contributed by atoms with E-state index in [2.05, 4.69) is 22.2 Å². The van der Waals surface area contributed by atoms with Gasteiger partial charge in [0.1, 0.15) is 5.82 Å². The van der Waals surface area contributed by atoms with E-state index in [1.165, 1.54) is 12.8 Å². The summed E-state index contributed by atoms with van der Waals surface area (Å²) in [6.07, 6.45) is 8.69. The lowest BCUT2D eigenvalue weighted by molar-refractivity contribution is 0.272. The summed E-state index contributed by atoms with van der Waals surface area (Å²) in [5.41, 5.74) is 0.879. The first-order chi connectivity index (χ1) is 8.77. The molecule has 0 unspecified atom stereocenters. The van der Waals surface area contributed by atoms with Gasteiger partial charge >= 0.3 is 0 Å². The molecule has 0 aromatic carbocycles. The lowest BCUT2D eigenvalue weighted by Crippen LogP contribution is -2.05. The van der Waals surface area contributed by atoms with Gasteiger partial charge in [0, 0.05) is 18.3 Å². The first-order valence-corrected chi connectivity index (χ1v) is 6.70. The van der Waals surface area contributed by atoms with Crippen molar-refractivity contribution in [1.29, 1.82) is 0 Å². The average Bonchev–Trinajstić information content (AvgIpc) is 2.37. The van der Waals surface area contributed by atoms with E-state index in [-0.39, 0.29) is 5.28 Å². The van der Waals surface area contributed by atoms with Gasteiger partial charge in [-0.15, -0.1) is 0 Å². The maximum Gasteiger partial charge on any atom is 0.224 e. The van der Waals surface area contributed by atoms with Gasteiger partial charge in [-0.3, -0.25) is 0 Å². The van der Waals surface area contributed by atoms with Crippen LogP contribution >= 0.6 is 11.6 Å². The molecule has 0 aliphatic carbocycles. The van der Waals surface area contributed by atoms with Crippen molar-refractivity contribution in [1.82, 2.24) is 9.97 Å². The Morgan fingerprint density at radius 1 is 1.39 bits per heavy atom. The lowest BCUT2D eigenvalue weighted by Gasteiger charge is -2.08. The Morgan fingerprint density at radius 3 is 2.94 bits per heavy atom. The Hall–Kier alpha value is -1.29. The van der Waals surface area contributed by atoms with Crippen LogP contribution in [0.1, 0.15) is 38.7 Å². The van der Waals surface area contributed by atoms with E-state index in [1.807, 2.05) is 13.0 Å². The number of anilines is 1. The fraction of sp³-hybridized carbons (Fsp3) is 0.538. The summed E-state index contributed by atoms with van der Waals surface area (Å²) < 4.78 is 5.17. The van der Waals surface area contributed by atoms with Crippen molar-refractivity contribution in [3.05, 3.63) is 23.3 Å². The lowest BCUT2D eigenvalue weighted by atomic mass is 10.2. The topological polar surface area (TPSA) is 47.0 Å². The minimum absolute atomic E-state index is 0.251. The third-order valence-electron chi connectivity index (χ3n) is 2.37. The largest absolute Gasteiger partial charge is 0.501 e. The zero-order chi connectivity index (χ0) is 13.2. The van der Waals surface area contributed by atoms with E-state index in [4.69, 9.17) is 16.3 Å². The normalized spacial score (nSPS) is 10.8. The first kappa shape index (κ1) is 14.8. The molecule has 0 atom stereocenters. The summed E-state index contributed by atoms with van der Waals surface area (Å²) in [7, 11) is 0. The maximum absolute atomic E-state index is 5.80. The van der Waals surface area contributed by atoms with Crippen LogP contribution in [0.15, 0.2) is 12.5 Å². The summed E-state index contributed by atoms with van der Waals surface area (Å²) in [6, 6.07) is 0. The Balaban J connectivity index is 2.64. The molecule has 0 saturated heterocycles. The van der Waals surface area contributed by atoms with E-state index in [0.717, 1.165) is 24.3 Å². The predicted molar refractivity (Wildman–Crippen MR) is 75.7 cm³/mol. The zero-order valence-corrected chi connectivity index (χ0v) is 11.7. The molecule has 4 nitrogen and oxygen atoms in total. The third kappa shape index (κ3) is 5.36. The highest BCUT2D eigenvalue weighted by Crippen LogP contribution is 2.16. The Bertz CT molecular complexity index is 382. The molecule has 100 valence electrons. The van der Waals surface area contributed by atoms with Crippen LogP contribution in [0.5, 0.6) is 0 Å². The molecule has 1 aromatic heterocycles. The Kier molecular flexibility index (Phi) is 7.18. The summed E-state index contributed by atoms with van der Waals surface area (Å²) >= 11 is 5.80. The predicted octanol–water partition coefficient (Wildman–Crippen LogP) is 3.74. The van der Waals surface area contributed by atoms with Crippen molar-refractivity contribution >= 4 is 23.5 Å².